The molecule has 15 heteroatoms. The third kappa shape index (κ3) is 8.14. The van der Waals surface area contributed by atoms with Crippen molar-refractivity contribution < 1.29 is 22.8 Å². The Hall–Kier alpha value is -3.70. The monoisotopic (exact) mass is 578 g/mol. The van der Waals surface area contributed by atoms with Crippen LogP contribution in [0, 0.1) is 16.6 Å². The molecule has 0 bridgehead atoms. The van der Waals surface area contributed by atoms with Crippen LogP contribution in [0.5, 0.6) is 0 Å². The molecule has 3 rings (SSSR count). The molecule has 13 nitrogen and oxygen atoms in total. The number of rotatable bonds is 7. The maximum absolute atomic E-state index is 13.7. The minimum Gasteiger partial charge on any atom is -0.398 e. The highest BCUT2D eigenvalue weighted by Gasteiger charge is 2.42. The molecular formula is C24H31ClN8O5S. The van der Waals surface area contributed by atoms with Gasteiger partial charge < -0.3 is 21.3 Å². The molecule has 1 unspecified atom stereocenters. The number of benzene rings is 1. The summed E-state index contributed by atoms with van der Waals surface area (Å²) in [6.07, 6.45) is 1.89. The molecule has 0 saturated carbocycles. The first kappa shape index (κ1) is 29.9. The Morgan fingerprint density at radius 1 is 1.28 bits per heavy atom. The molecule has 1 aromatic heterocycles. The summed E-state index contributed by atoms with van der Waals surface area (Å²) in [7, 11) is -3.64. The first-order valence-electron chi connectivity index (χ1n) is 12.1. The standard InChI is InChI=1S/C24H31ClN8O5S/c1-24(2,3)20(28-21(34)14-7-8-17(26)16(25)12-14)23(36)33-10-5-6-18(33)22(35)27-15(9-11-39(4,37)38)13-19-29-31-32-30-19/h7-8,12,15,18,20H,5-6,10,13,26H2,1-4H3,(H,27,35)(H,28,34)(H,29,30,31,32)/t15-,18-,20?/m1/s1. The number of carbonyl (C=O) groups is 3. The Morgan fingerprint density at radius 2 is 2.00 bits per heavy atom. The number of aromatic nitrogens is 4. The largest absolute Gasteiger partial charge is 0.398 e. The predicted octanol–water partition coefficient (Wildman–Crippen LogP) is 0.304. The van der Waals surface area contributed by atoms with E-state index in [2.05, 4.69) is 42.4 Å². The maximum Gasteiger partial charge on any atom is 0.252 e. The van der Waals surface area contributed by atoms with Gasteiger partial charge in [0.25, 0.3) is 5.91 Å². The molecule has 2 heterocycles. The second-order valence-corrected chi connectivity index (χ2v) is 12.5. The van der Waals surface area contributed by atoms with E-state index in [1.165, 1.54) is 23.1 Å². The average molecular weight is 579 g/mol. The number of nitrogen functional groups attached to an aromatic ring is 1. The molecule has 1 fully saturated rings. The minimum absolute atomic E-state index is 0.00372. The fourth-order valence-corrected chi connectivity index (χ4v) is 4.57. The van der Waals surface area contributed by atoms with E-state index in [-0.39, 0.29) is 22.8 Å². The molecule has 1 aliphatic heterocycles. The lowest BCUT2D eigenvalue weighted by Gasteiger charge is -2.35. The van der Waals surface area contributed by atoms with Crippen molar-refractivity contribution >= 4 is 44.8 Å². The van der Waals surface area contributed by atoms with Crippen molar-refractivity contribution in [3.8, 4) is 11.2 Å². The number of halogens is 1. The van der Waals surface area contributed by atoms with E-state index in [1.54, 1.807) is 20.8 Å². The highest BCUT2D eigenvalue weighted by Crippen LogP contribution is 2.27. The number of tetrazole rings is 1. The van der Waals surface area contributed by atoms with E-state index in [1.807, 2.05) is 0 Å². The maximum atomic E-state index is 13.7. The van der Waals surface area contributed by atoms with Gasteiger partial charge in [-0.25, -0.2) is 8.42 Å². The highest BCUT2D eigenvalue weighted by molar-refractivity contribution is 7.95. The van der Waals surface area contributed by atoms with Crippen molar-refractivity contribution in [1.29, 1.82) is 0 Å². The number of aromatic amines is 1. The fourth-order valence-electron chi connectivity index (χ4n) is 4.04. The van der Waals surface area contributed by atoms with Crippen LogP contribution < -0.4 is 16.4 Å². The number of nitrogens with one attached hydrogen (secondary N) is 3. The van der Waals surface area contributed by atoms with E-state index in [0.717, 1.165) is 6.26 Å². The molecule has 210 valence electrons. The Labute approximate surface area is 231 Å². The second-order valence-electron chi connectivity index (χ2n) is 10.3. The van der Waals surface area contributed by atoms with Crippen LogP contribution in [0.4, 0.5) is 5.69 Å². The van der Waals surface area contributed by atoms with Crippen molar-refractivity contribution in [2.45, 2.75) is 58.2 Å². The van der Waals surface area contributed by atoms with Crippen LogP contribution in [0.2, 0.25) is 5.02 Å². The van der Waals surface area contributed by atoms with Gasteiger partial charge in [-0.05, 0) is 36.5 Å². The number of hydrogen-bond acceptors (Lipinski definition) is 9. The zero-order chi connectivity index (χ0) is 29.0. The van der Waals surface area contributed by atoms with E-state index in [0.29, 0.717) is 25.1 Å². The molecule has 3 amide bonds. The smallest absolute Gasteiger partial charge is 0.252 e. The van der Waals surface area contributed by atoms with Crippen LogP contribution in [-0.2, 0) is 25.8 Å². The molecule has 2 aromatic rings. The Bertz CT molecular complexity index is 1400. The Morgan fingerprint density at radius 3 is 2.59 bits per heavy atom. The average Bonchev–Trinajstić information content (AvgIpc) is 3.53. The number of anilines is 1. The van der Waals surface area contributed by atoms with Gasteiger partial charge in [-0.2, -0.15) is 5.21 Å². The first-order valence-corrected chi connectivity index (χ1v) is 14.3. The first-order chi connectivity index (χ1) is 18.2. The summed E-state index contributed by atoms with van der Waals surface area (Å²) in [6.45, 7) is 5.72. The summed E-state index contributed by atoms with van der Waals surface area (Å²) in [4.78, 5) is 41.5. The molecule has 1 aliphatic rings. The molecule has 0 aliphatic carbocycles. The van der Waals surface area contributed by atoms with Crippen LogP contribution in [0.15, 0.2) is 18.2 Å². The van der Waals surface area contributed by atoms with Crippen molar-refractivity contribution in [2.24, 2.45) is 5.41 Å². The van der Waals surface area contributed by atoms with Gasteiger partial charge in [-0.3, -0.25) is 14.4 Å². The van der Waals surface area contributed by atoms with Gasteiger partial charge in [0, 0.05) is 23.8 Å². The second kappa shape index (κ2) is 12.0. The van der Waals surface area contributed by atoms with Crippen LogP contribution in [0.25, 0.3) is 0 Å². The van der Waals surface area contributed by atoms with E-state index in [9.17, 15) is 22.8 Å². The van der Waals surface area contributed by atoms with Gasteiger partial charge in [0.1, 0.15) is 12.1 Å². The molecule has 0 spiro atoms. The molecule has 5 N–H and O–H groups in total. The quantitative estimate of drug-likeness (QED) is 0.203. The van der Waals surface area contributed by atoms with Gasteiger partial charge in [0.15, 0.2) is 5.82 Å². The number of nitrogens with zero attached hydrogens (tertiary/aromatic N) is 4. The molecule has 1 aromatic carbocycles. The summed E-state index contributed by atoms with van der Waals surface area (Å²) < 4.78 is 23.2. The minimum atomic E-state index is -3.64. The van der Waals surface area contributed by atoms with Gasteiger partial charge in [-0.15, -0.1) is 10.2 Å². The van der Waals surface area contributed by atoms with E-state index in [4.69, 9.17) is 17.3 Å². The lowest BCUT2D eigenvalue weighted by molar-refractivity contribution is -0.142. The van der Waals surface area contributed by atoms with Gasteiger partial charge in [0.2, 0.25) is 21.7 Å². The number of hydrogen-bond donors (Lipinski definition) is 4. The number of amides is 3. The normalized spacial score (nSPS) is 17.1. The predicted molar refractivity (Wildman–Crippen MR) is 144 cm³/mol. The SMILES string of the molecule is CC(C)(C)C(NC(=O)c1ccc(N)c(Cl)c1)C(=O)N1CCC[C@@H]1C(=O)N[C@H](C#CS(C)(=O)=O)Cc1nn[nH]n1. The number of H-pyrrole nitrogens is 1. The van der Waals surface area contributed by atoms with Crippen LogP contribution >= 0.6 is 11.6 Å². The number of nitrogens with two attached hydrogens (primary N) is 1. The topological polar surface area (TPSA) is 193 Å². The lowest BCUT2D eigenvalue weighted by Crippen LogP contribution is -2.58. The number of sulfone groups is 1. The van der Waals surface area contributed by atoms with Crippen molar-refractivity contribution in [3.05, 3.63) is 34.6 Å². The molecule has 3 atom stereocenters. The number of carbonyl (C=O) groups excluding carboxylic acids is 3. The summed E-state index contributed by atoms with van der Waals surface area (Å²) in [6, 6.07) is 1.67. The van der Waals surface area contributed by atoms with E-state index >= 15 is 0 Å². The summed E-state index contributed by atoms with van der Waals surface area (Å²) >= 11 is 6.06. The number of likely N-dealkylation sites (tertiary alicyclic amines) is 1. The summed E-state index contributed by atoms with van der Waals surface area (Å²) in [5.74, 6) is 1.30. The fraction of sp³-hybridized carbons (Fsp3) is 0.500. The van der Waals surface area contributed by atoms with Gasteiger partial charge >= 0.3 is 0 Å². The van der Waals surface area contributed by atoms with Gasteiger partial charge in [-0.1, -0.05) is 43.5 Å². The molecule has 1 saturated heterocycles. The van der Waals surface area contributed by atoms with Crippen LogP contribution in [0.1, 0.15) is 49.8 Å². The molecular weight excluding hydrogens is 548 g/mol. The van der Waals surface area contributed by atoms with Crippen LogP contribution in [-0.4, -0.2) is 82.6 Å². The Balaban J connectivity index is 1.80. The molecule has 0 radical (unpaired) electrons. The lowest BCUT2D eigenvalue weighted by atomic mass is 9.85. The Kier molecular flexibility index (Phi) is 9.18. The zero-order valence-corrected chi connectivity index (χ0v) is 23.6. The third-order valence-corrected chi connectivity index (χ3v) is 6.82. The van der Waals surface area contributed by atoms with E-state index < -0.39 is 51.1 Å². The van der Waals surface area contributed by atoms with Crippen molar-refractivity contribution in [2.75, 3.05) is 18.5 Å². The molecule has 39 heavy (non-hydrogen) atoms. The third-order valence-electron chi connectivity index (χ3n) is 6.00. The summed E-state index contributed by atoms with van der Waals surface area (Å²) in [5, 5.41) is 21.2. The highest BCUT2D eigenvalue weighted by atomic mass is 35.5. The van der Waals surface area contributed by atoms with Crippen molar-refractivity contribution in [3.63, 3.8) is 0 Å². The van der Waals surface area contributed by atoms with Crippen molar-refractivity contribution in [1.82, 2.24) is 36.2 Å². The van der Waals surface area contributed by atoms with Crippen LogP contribution in [0.3, 0.4) is 0 Å². The summed E-state index contributed by atoms with van der Waals surface area (Å²) in [5.41, 5.74) is 5.59. The van der Waals surface area contributed by atoms with Gasteiger partial charge in [0.05, 0.1) is 23.0 Å². The zero-order valence-electron chi connectivity index (χ0n) is 22.0.